The van der Waals surface area contributed by atoms with Gasteiger partial charge in [-0.3, -0.25) is 0 Å². The van der Waals surface area contributed by atoms with E-state index in [4.69, 9.17) is 35.3 Å². The lowest BCUT2D eigenvalue weighted by Gasteiger charge is -2.55. The summed E-state index contributed by atoms with van der Waals surface area (Å²) >= 11 is 10.4. The minimum Gasteiger partial charge on any atom is -0.494 e. The number of ether oxygens (including phenoxy) is 5. The van der Waals surface area contributed by atoms with Crippen LogP contribution in [-0.2, 0) is 29.7 Å². The molecule has 1 fully saturated rings. The average Bonchev–Trinajstić information content (AvgIpc) is 3.06. The van der Waals surface area contributed by atoms with Crippen LogP contribution in [0.4, 0.5) is 8.78 Å². The van der Waals surface area contributed by atoms with Gasteiger partial charge in [0.1, 0.15) is 22.3 Å². The summed E-state index contributed by atoms with van der Waals surface area (Å²) < 4.78 is 64.2. The number of benzene rings is 2. The molecule has 2 aromatic rings. The van der Waals surface area contributed by atoms with E-state index in [9.17, 15) is 0 Å². The van der Waals surface area contributed by atoms with Gasteiger partial charge in [-0.1, -0.05) is 105 Å². The summed E-state index contributed by atoms with van der Waals surface area (Å²) in [7, 11) is 0. The largest absolute Gasteiger partial charge is 0.494 e. The molecule has 0 aromatic heterocycles. The van der Waals surface area contributed by atoms with E-state index < -0.39 is 34.5 Å². The third-order valence-electron chi connectivity index (χ3n) is 8.81. The fourth-order valence-corrected chi connectivity index (χ4v) is 7.14. The Morgan fingerprint density at radius 1 is 0.745 bits per heavy atom. The maximum absolute atomic E-state index is 17.6. The van der Waals surface area contributed by atoms with Gasteiger partial charge < -0.3 is 23.7 Å². The maximum atomic E-state index is 17.6. The molecule has 0 N–H and O–H groups in total. The molecule has 0 bridgehead atoms. The highest BCUT2D eigenvalue weighted by atomic mass is 79.9. The number of hydrogen-bond acceptors (Lipinski definition) is 5. The molecule has 5 atom stereocenters. The lowest BCUT2D eigenvalue weighted by molar-refractivity contribution is -0.272. The molecule has 266 valence electrons. The van der Waals surface area contributed by atoms with E-state index in [0.29, 0.717) is 50.0 Å². The summed E-state index contributed by atoms with van der Waals surface area (Å²) in [5.74, 6) is -3.85. The third-order valence-corrected chi connectivity index (χ3v) is 10.6. The van der Waals surface area contributed by atoms with Crippen LogP contribution < -0.4 is 4.74 Å². The second kappa shape index (κ2) is 20.4. The molecule has 5 nitrogen and oxygen atoms in total. The zero-order valence-electron chi connectivity index (χ0n) is 29.0. The van der Waals surface area contributed by atoms with Crippen molar-refractivity contribution in [2.75, 3.05) is 39.6 Å². The van der Waals surface area contributed by atoms with Crippen molar-refractivity contribution in [3.8, 4) is 5.75 Å². The standard InChI is InChI=1S/C38H56BrClF2O5/c1-6-11-21-43-27-32-34(45-22-12-7-2)35(46-23-13-8-3)36(47-24-14-9-4)37(39,38(32,41)42)30-17-20-33(40)29(26-30)25-28-15-18-31(19-16-28)44-10-5/h15-20,26,32,34-36H,6-14,21-25,27H2,1-5H3/t32-,34-,35+,36?,37?/m1/s1. The Morgan fingerprint density at radius 2 is 1.32 bits per heavy atom. The Hall–Kier alpha value is -1.29. The van der Waals surface area contributed by atoms with Gasteiger partial charge in [-0.15, -0.1) is 0 Å². The number of hydrogen-bond donors (Lipinski definition) is 0. The van der Waals surface area contributed by atoms with Crippen LogP contribution in [0.3, 0.4) is 0 Å². The van der Waals surface area contributed by atoms with Crippen LogP contribution in [0, 0.1) is 5.92 Å². The topological polar surface area (TPSA) is 46.2 Å². The molecule has 1 aliphatic rings. The van der Waals surface area contributed by atoms with E-state index in [0.717, 1.165) is 68.2 Å². The molecule has 3 rings (SSSR count). The monoisotopic (exact) mass is 744 g/mol. The first kappa shape index (κ1) is 40.1. The zero-order valence-corrected chi connectivity index (χ0v) is 31.4. The van der Waals surface area contributed by atoms with Gasteiger partial charge in [0.05, 0.1) is 25.2 Å². The highest BCUT2D eigenvalue weighted by Gasteiger charge is 2.71. The minimum atomic E-state index is -3.35. The zero-order chi connectivity index (χ0) is 34.3. The van der Waals surface area contributed by atoms with Crippen LogP contribution in [0.25, 0.3) is 0 Å². The summed E-state index contributed by atoms with van der Waals surface area (Å²) in [5.41, 5.74) is 2.13. The second-order valence-corrected chi connectivity index (χ2v) is 14.1. The van der Waals surface area contributed by atoms with E-state index in [2.05, 4.69) is 43.6 Å². The van der Waals surface area contributed by atoms with E-state index >= 15 is 8.78 Å². The molecular weight excluding hydrogens is 690 g/mol. The minimum absolute atomic E-state index is 0.154. The highest BCUT2D eigenvalue weighted by molar-refractivity contribution is 9.09. The molecule has 0 saturated heterocycles. The van der Waals surface area contributed by atoms with Gasteiger partial charge in [-0.25, -0.2) is 8.78 Å². The lowest BCUT2D eigenvalue weighted by atomic mass is 9.69. The number of unbranched alkanes of at least 4 members (excludes halogenated alkanes) is 4. The van der Waals surface area contributed by atoms with E-state index in [1.54, 1.807) is 18.2 Å². The quantitative estimate of drug-likeness (QED) is 0.0887. The van der Waals surface area contributed by atoms with Gasteiger partial charge in [0, 0.05) is 31.5 Å². The molecule has 1 saturated carbocycles. The molecule has 0 radical (unpaired) electrons. The van der Waals surface area contributed by atoms with Crippen molar-refractivity contribution in [3.63, 3.8) is 0 Å². The fraction of sp³-hybridized carbons (Fsp3) is 0.684. The van der Waals surface area contributed by atoms with Crippen LogP contribution in [-0.4, -0.2) is 63.9 Å². The summed E-state index contributed by atoms with van der Waals surface area (Å²) in [6.07, 6.45) is 4.46. The van der Waals surface area contributed by atoms with Crippen molar-refractivity contribution < 1.29 is 32.5 Å². The van der Waals surface area contributed by atoms with Gasteiger partial charge >= 0.3 is 0 Å². The maximum Gasteiger partial charge on any atom is 0.277 e. The van der Waals surface area contributed by atoms with Gasteiger partial charge in [-0.2, -0.15) is 0 Å². The second-order valence-electron chi connectivity index (χ2n) is 12.5. The summed E-state index contributed by atoms with van der Waals surface area (Å²) in [6.45, 7) is 12.1. The molecule has 0 spiro atoms. The van der Waals surface area contributed by atoms with Crippen LogP contribution in [0.2, 0.25) is 5.02 Å². The van der Waals surface area contributed by atoms with Gasteiger partial charge in [0.15, 0.2) is 0 Å². The third kappa shape index (κ3) is 10.4. The first-order chi connectivity index (χ1) is 22.7. The van der Waals surface area contributed by atoms with Crippen LogP contribution >= 0.6 is 27.5 Å². The van der Waals surface area contributed by atoms with Gasteiger partial charge in [-0.05, 0) is 73.9 Å². The Labute approximate surface area is 295 Å². The van der Waals surface area contributed by atoms with E-state index in [1.165, 1.54) is 0 Å². The van der Waals surface area contributed by atoms with Gasteiger partial charge in [0.25, 0.3) is 5.92 Å². The molecule has 47 heavy (non-hydrogen) atoms. The number of rotatable bonds is 22. The Morgan fingerprint density at radius 3 is 1.91 bits per heavy atom. The van der Waals surface area contributed by atoms with Crippen LogP contribution in [0.5, 0.6) is 5.75 Å². The normalized spacial score (nSPS) is 24.0. The first-order valence-electron chi connectivity index (χ1n) is 17.7. The summed E-state index contributed by atoms with van der Waals surface area (Å²) in [5, 5.41) is 0.511. The Kier molecular flexibility index (Phi) is 17.4. The Balaban J connectivity index is 2.15. The summed E-state index contributed by atoms with van der Waals surface area (Å²) in [6, 6.07) is 13.0. The van der Waals surface area contributed by atoms with Gasteiger partial charge in [0.2, 0.25) is 0 Å². The predicted octanol–water partition coefficient (Wildman–Crippen LogP) is 10.6. The van der Waals surface area contributed by atoms with Crippen molar-refractivity contribution >= 4 is 27.5 Å². The molecule has 2 aromatic carbocycles. The molecular formula is C38H56BrClF2O5. The highest BCUT2D eigenvalue weighted by Crippen LogP contribution is 2.59. The smallest absolute Gasteiger partial charge is 0.277 e. The first-order valence-corrected chi connectivity index (χ1v) is 18.9. The molecule has 2 unspecified atom stereocenters. The Bertz CT molecular complexity index is 1170. The van der Waals surface area contributed by atoms with Crippen LogP contribution in [0.15, 0.2) is 42.5 Å². The van der Waals surface area contributed by atoms with Crippen molar-refractivity contribution in [1.29, 1.82) is 0 Å². The van der Waals surface area contributed by atoms with Crippen molar-refractivity contribution in [2.24, 2.45) is 5.92 Å². The van der Waals surface area contributed by atoms with E-state index in [-0.39, 0.29) is 6.61 Å². The van der Waals surface area contributed by atoms with Crippen molar-refractivity contribution in [3.05, 3.63) is 64.2 Å². The predicted molar refractivity (Wildman–Crippen MR) is 191 cm³/mol. The molecule has 0 heterocycles. The molecule has 0 amide bonds. The molecule has 1 aliphatic carbocycles. The number of halogens is 4. The van der Waals surface area contributed by atoms with Crippen molar-refractivity contribution in [1.82, 2.24) is 0 Å². The molecule has 0 aliphatic heterocycles. The lowest BCUT2D eigenvalue weighted by Crippen LogP contribution is -2.70. The number of alkyl halides is 3. The van der Waals surface area contributed by atoms with Crippen LogP contribution in [0.1, 0.15) is 103 Å². The molecule has 9 heteroatoms. The van der Waals surface area contributed by atoms with E-state index in [1.807, 2.05) is 31.2 Å². The van der Waals surface area contributed by atoms with Crippen molar-refractivity contribution in [2.45, 2.75) is 121 Å². The average molecular weight is 746 g/mol. The SMILES string of the molecule is CCCCOC[C@@H]1[C@@H](OCCCC)[C@H](OCCCC)C(OCCCC)C(Br)(c2ccc(Cl)c(Cc3ccc(OCC)cc3)c2)C1(F)F. The fourth-order valence-electron chi connectivity index (χ4n) is 6.02. The summed E-state index contributed by atoms with van der Waals surface area (Å²) in [4.78, 5) is 0.